The van der Waals surface area contributed by atoms with E-state index < -0.39 is 0 Å². The van der Waals surface area contributed by atoms with E-state index in [0.717, 1.165) is 33.9 Å². The fourth-order valence-corrected chi connectivity index (χ4v) is 3.44. The van der Waals surface area contributed by atoms with Gasteiger partial charge in [-0.3, -0.25) is 0 Å². The molecule has 0 unspecified atom stereocenters. The molecule has 4 rings (SSSR count). The van der Waals surface area contributed by atoms with Crippen LogP contribution in [0, 0.1) is 13.8 Å². The number of aromatic nitrogens is 2. The molecule has 0 saturated carbocycles. The van der Waals surface area contributed by atoms with Crippen LogP contribution in [0.2, 0.25) is 0 Å². The lowest BCUT2D eigenvalue weighted by molar-refractivity contribution is 0.590. The van der Waals surface area contributed by atoms with Gasteiger partial charge in [-0.15, -0.1) is 0 Å². The molecule has 0 amide bonds. The monoisotopic (exact) mass is 392 g/mol. The van der Waals surface area contributed by atoms with Crippen molar-refractivity contribution in [1.29, 1.82) is 0 Å². The van der Waals surface area contributed by atoms with Crippen LogP contribution in [0.5, 0.6) is 0 Å². The summed E-state index contributed by atoms with van der Waals surface area (Å²) in [6.07, 6.45) is 0. The third-order valence-electron chi connectivity index (χ3n) is 5.43. The van der Waals surface area contributed by atoms with Crippen LogP contribution >= 0.6 is 0 Å². The zero-order valence-corrected chi connectivity index (χ0v) is 18.4. The first kappa shape index (κ1) is 20.0. The molecule has 1 heterocycles. The molecule has 1 aromatic heterocycles. The maximum Gasteiger partial charge on any atom is 0.160 e. The van der Waals surface area contributed by atoms with Crippen LogP contribution in [0.4, 0.5) is 0 Å². The third-order valence-corrected chi connectivity index (χ3v) is 5.43. The largest absolute Gasteiger partial charge is 0.228 e. The Morgan fingerprint density at radius 2 is 0.933 bits per heavy atom. The van der Waals surface area contributed by atoms with Crippen molar-refractivity contribution in [1.82, 2.24) is 9.97 Å². The van der Waals surface area contributed by atoms with Gasteiger partial charge in [-0.1, -0.05) is 105 Å². The van der Waals surface area contributed by atoms with Gasteiger partial charge in [-0.2, -0.15) is 0 Å². The highest BCUT2D eigenvalue weighted by Crippen LogP contribution is 2.30. The van der Waals surface area contributed by atoms with Crippen LogP contribution in [0.25, 0.3) is 33.9 Å². The highest BCUT2D eigenvalue weighted by Gasteiger charge is 2.15. The van der Waals surface area contributed by atoms with Gasteiger partial charge in [0, 0.05) is 16.7 Å². The standard InChI is InChI=1S/C28H28N2/c1-19-6-10-21(11-7-19)25-18-26(22-14-16-24(17-15-22)28(3,4)5)30-27(29-25)23-12-8-20(2)9-13-23/h6-18H,1-5H3. The van der Waals surface area contributed by atoms with E-state index in [1.807, 2.05) is 0 Å². The molecule has 2 heteroatoms. The first-order valence-corrected chi connectivity index (χ1v) is 10.4. The Kier molecular flexibility index (Phi) is 5.26. The summed E-state index contributed by atoms with van der Waals surface area (Å²) in [7, 11) is 0. The topological polar surface area (TPSA) is 25.8 Å². The third kappa shape index (κ3) is 4.33. The highest BCUT2D eigenvalue weighted by molar-refractivity contribution is 5.72. The number of nitrogens with zero attached hydrogens (tertiary/aromatic N) is 2. The number of benzene rings is 3. The minimum absolute atomic E-state index is 0.129. The van der Waals surface area contributed by atoms with E-state index in [4.69, 9.17) is 9.97 Å². The molecule has 0 bridgehead atoms. The van der Waals surface area contributed by atoms with Crippen molar-refractivity contribution in [2.45, 2.75) is 40.0 Å². The molecule has 2 nitrogen and oxygen atoms in total. The zero-order valence-electron chi connectivity index (χ0n) is 18.4. The second-order valence-corrected chi connectivity index (χ2v) is 9.02. The lowest BCUT2D eigenvalue weighted by Gasteiger charge is -2.19. The number of aryl methyl sites for hydroxylation is 2. The minimum atomic E-state index is 0.129. The smallest absolute Gasteiger partial charge is 0.160 e. The van der Waals surface area contributed by atoms with Crippen LogP contribution in [-0.4, -0.2) is 9.97 Å². The summed E-state index contributed by atoms with van der Waals surface area (Å²) in [5, 5.41) is 0. The van der Waals surface area contributed by atoms with Crippen LogP contribution in [0.15, 0.2) is 78.9 Å². The van der Waals surface area contributed by atoms with E-state index in [2.05, 4.69) is 113 Å². The molecule has 3 aromatic carbocycles. The van der Waals surface area contributed by atoms with Gasteiger partial charge >= 0.3 is 0 Å². The molecule has 30 heavy (non-hydrogen) atoms. The van der Waals surface area contributed by atoms with Crippen LogP contribution < -0.4 is 0 Å². The predicted molar refractivity (Wildman–Crippen MR) is 127 cm³/mol. The average molecular weight is 393 g/mol. The van der Waals surface area contributed by atoms with Gasteiger partial charge in [-0.25, -0.2) is 9.97 Å². The van der Waals surface area contributed by atoms with Crippen LogP contribution in [-0.2, 0) is 5.41 Å². The van der Waals surface area contributed by atoms with Gasteiger partial charge in [-0.05, 0) is 30.9 Å². The van der Waals surface area contributed by atoms with Crippen molar-refractivity contribution in [2.24, 2.45) is 0 Å². The molecule has 150 valence electrons. The van der Waals surface area contributed by atoms with Crippen molar-refractivity contribution in [2.75, 3.05) is 0 Å². The second-order valence-electron chi connectivity index (χ2n) is 9.02. The lowest BCUT2D eigenvalue weighted by Crippen LogP contribution is -2.10. The van der Waals surface area contributed by atoms with Crippen molar-refractivity contribution in [3.8, 4) is 33.9 Å². The molecule has 0 fully saturated rings. The van der Waals surface area contributed by atoms with Gasteiger partial charge in [0.2, 0.25) is 0 Å². The summed E-state index contributed by atoms with van der Waals surface area (Å²) in [5.41, 5.74) is 9.03. The summed E-state index contributed by atoms with van der Waals surface area (Å²) in [6, 6.07) is 27.7. The van der Waals surface area contributed by atoms with E-state index in [1.165, 1.54) is 16.7 Å². The fourth-order valence-electron chi connectivity index (χ4n) is 3.44. The van der Waals surface area contributed by atoms with E-state index in [0.29, 0.717) is 0 Å². The lowest BCUT2D eigenvalue weighted by atomic mass is 9.86. The summed E-state index contributed by atoms with van der Waals surface area (Å²) < 4.78 is 0. The minimum Gasteiger partial charge on any atom is -0.228 e. The van der Waals surface area contributed by atoms with Crippen LogP contribution in [0.3, 0.4) is 0 Å². The van der Waals surface area contributed by atoms with E-state index >= 15 is 0 Å². The SMILES string of the molecule is Cc1ccc(-c2cc(-c3ccc(C(C)(C)C)cc3)nc(-c3ccc(C)cc3)n2)cc1. The molecule has 0 aliphatic rings. The van der Waals surface area contributed by atoms with Gasteiger partial charge in [0.15, 0.2) is 5.82 Å². The molecule has 0 radical (unpaired) electrons. The molecule has 0 spiro atoms. The van der Waals surface area contributed by atoms with Crippen molar-refractivity contribution in [3.63, 3.8) is 0 Å². The Morgan fingerprint density at radius 1 is 0.533 bits per heavy atom. The summed E-state index contributed by atoms with van der Waals surface area (Å²) in [5.74, 6) is 0.753. The molecule has 0 aliphatic heterocycles. The quantitative estimate of drug-likeness (QED) is 0.363. The van der Waals surface area contributed by atoms with E-state index in [9.17, 15) is 0 Å². The number of rotatable bonds is 3. The summed E-state index contributed by atoms with van der Waals surface area (Å²) in [6.45, 7) is 10.9. The van der Waals surface area contributed by atoms with Crippen LogP contribution in [0.1, 0.15) is 37.5 Å². The van der Waals surface area contributed by atoms with E-state index in [-0.39, 0.29) is 5.41 Å². The highest BCUT2D eigenvalue weighted by atomic mass is 14.9. The average Bonchev–Trinajstić information content (AvgIpc) is 2.74. The molecular weight excluding hydrogens is 364 g/mol. The Morgan fingerprint density at radius 3 is 1.37 bits per heavy atom. The molecule has 0 aliphatic carbocycles. The molecule has 0 N–H and O–H groups in total. The Bertz CT molecular complexity index is 1080. The molecule has 4 aromatic rings. The number of hydrogen-bond acceptors (Lipinski definition) is 2. The Balaban J connectivity index is 1.85. The number of hydrogen-bond donors (Lipinski definition) is 0. The predicted octanol–water partition coefficient (Wildman–Crippen LogP) is 7.39. The van der Waals surface area contributed by atoms with Crippen molar-refractivity contribution in [3.05, 3.63) is 95.6 Å². The zero-order chi connectivity index (χ0) is 21.3. The Labute approximate surface area is 179 Å². The second kappa shape index (κ2) is 7.87. The first-order chi connectivity index (χ1) is 14.3. The summed E-state index contributed by atoms with van der Waals surface area (Å²) >= 11 is 0. The Hall–Kier alpha value is -3.26. The van der Waals surface area contributed by atoms with Gasteiger partial charge < -0.3 is 0 Å². The maximum atomic E-state index is 4.93. The van der Waals surface area contributed by atoms with Gasteiger partial charge in [0.05, 0.1) is 11.4 Å². The first-order valence-electron chi connectivity index (χ1n) is 10.4. The van der Waals surface area contributed by atoms with Gasteiger partial charge in [0.1, 0.15) is 0 Å². The van der Waals surface area contributed by atoms with Gasteiger partial charge in [0.25, 0.3) is 0 Å². The van der Waals surface area contributed by atoms with Crippen molar-refractivity contribution < 1.29 is 0 Å². The molecule has 0 saturated heterocycles. The van der Waals surface area contributed by atoms with Crippen molar-refractivity contribution >= 4 is 0 Å². The summed E-state index contributed by atoms with van der Waals surface area (Å²) in [4.78, 5) is 9.83. The molecular formula is C28H28N2. The van der Waals surface area contributed by atoms with E-state index in [1.54, 1.807) is 0 Å². The fraction of sp³-hybridized carbons (Fsp3) is 0.214. The normalized spacial score (nSPS) is 11.5. The molecule has 0 atom stereocenters. The maximum absolute atomic E-state index is 4.93.